The first-order valence-electron chi connectivity index (χ1n) is 8.96. The highest BCUT2D eigenvalue weighted by molar-refractivity contribution is 7.13. The molecule has 1 amide bonds. The van der Waals surface area contributed by atoms with Crippen molar-refractivity contribution in [2.24, 2.45) is 0 Å². The summed E-state index contributed by atoms with van der Waals surface area (Å²) in [7, 11) is 1.89. The topological polar surface area (TPSA) is 63.1 Å². The third-order valence-corrected chi connectivity index (χ3v) is 5.85. The number of aromatic nitrogens is 3. The number of carbonyl (C=O) groups is 1. The molecule has 26 heavy (non-hydrogen) atoms. The Balaban J connectivity index is 1.85. The van der Waals surface area contributed by atoms with Crippen LogP contribution in [0.2, 0.25) is 0 Å². The molecule has 7 heteroatoms. The van der Waals surface area contributed by atoms with Crippen LogP contribution in [0.5, 0.6) is 0 Å². The molecule has 0 radical (unpaired) electrons. The van der Waals surface area contributed by atoms with E-state index in [4.69, 9.17) is 4.98 Å². The fraction of sp³-hybridized carbons (Fsp3) is 0.421. The Morgan fingerprint density at radius 2 is 2.31 bits per heavy atom. The number of nitrogens with zero attached hydrogens (tertiary/aromatic N) is 4. The Morgan fingerprint density at radius 1 is 1.46 bits per heavy atom. The highest BCUT2D eigenvalue weighted by Crippen LogP contribution is 2.29. The minimum absolute atomic E-state index is 0.0345. The lowest BCUT2D eigenvalue weighted by molar-refractivity contribution is 0.0745. The average Bonchev–Trinajstić information content (AvgIpc) is 3.40. The zero-order valence-electron chi connectivity index (χ0n) is 15.3. The fourth-order valence-electron chi connectivity index (χ4n) is 3.45. The number of pyridine rings is 1. The number of fused-ring (bicyclic) bond motifs is 1. The maximum absolute atomic E-state index is 13.3. The van der Waals surface area contributed by atoms with Gasteiger partial charge >= 0.3 is 0 Å². The van der Waals surface area contributed by atoms with Crippen LogP contribution >= 0.6 is 11.3 Å². The van der Waals surface area contributed by atoms with Gasteiger partial charge in [-0.2, -0.15) is 5.10 Å². The van der Waals surface area contributed by atoms with Gasteiger partial charge in [0.25, 0.3) is 5.91 Å². The van der Waals surface area contributed by atoms with Gasteiger partial charge in [-0.05, 0) is 44.3 Å². The smallest absolute Gasteiger partial charge is 0.254 e. The van der Waals surface area contributed by atoms with Crippen LogP contribution in [0.3, 0.4) is 0 Å². The highest BCUT2D eigenvalue weighted by atomic mass is 32.1. The van der Waals surface area contributed by atoms with Gasteiger partial charge in [0.2, 0.25) is 0 Å². The molecule has 1 aliphatic rings. The number of hydrogen-bond donors (Lipinski definition) is 1. The van der Waals surface area contributed by atoms with Gasteiger partial charge in [-0.3, -0.25) is 4.79 Å². The second-order valence-electron chi connectivity index (χ2n) is 7.02. The van der Waals surface area contributed by atoms with Crippen molar-refractivity contribution in [3.05, 3.63) is 35.3 Å². The summed E-state index contributed by atoms with van der Waals surface area (Å²) < 4.78 is 1.89. The summed E-state index contributed by atoms with van der Waals surface area (Å²) in [5, 5.41) is 10.7. The van der Waals surface area contributed by atoms with Gasteiger partial charge in [-0.15, -0.1) is 11.3 Å². The Bertz CT molecular complexity index is 925. The van der Waals surface area contributed by atoms with Crippen LogP contribution < -0.4 is 5.32 Å². The van der Waals surface area contributed by atoms with Crippen LogP contribution in [0.15, 0.2) is 29.8 Å². The van der Waals surface area contributed by atoms with Crippen molar-refractivity contribution in [2.45, 2.75) is 32.4 Å². The molecule has 6 nitrogen and oxygen atoms in total. The van der Waals surface area contributed by atoms with Crippen molar-refractivity contribution in [1.29, 1.82) is 0 Å². The second kappa shape index (κ2) is 6.81. The van der Waals surface area contributed by atoms with Crippen molar-refractivity contribution in [2.75, 3.05) is 20.1 Å². The number of carbonyl (C=O) groups excluding carboxylic acids is 1. The number of thiophene rings is 1. The number of rotatable bonds is 4. The van der Waals surface area contributed by atoms with Gasteiger partial charge in [-0.25, -0.2) is 9.67 Å². The van der Waals surface area contributed by atoms with Gasteiger partial charge in [0.05, 0.1) is 27.7 Å². The van der Waals surface area contributed by atoms with Crippen molar-refractivity contribution in [1.82, 2.24) is 25.0 Å². The summed E-state index contributed by atoms with van der Waals surface area (Å²) in [5.74, 6) is 0.0345. The molecule has 0 spiro atoms. The van der Waals surface area contributed by atoms with E-state index in [2.05, 4.69) is 24.3 Å². The van der Waals surface area contributed by atoms with E-state index >= 15 is 0 Å². The van der Waals surface area contributed by atoms with Gasteiger partial charge in [0.15, 0.2) is 5.65 Å². The molecule has 1 atom stereocenters. The van der Waals surface area contributed by atoms with Crippen LogP contribution in [0, 0.1) is 0 Å². The predicted molar refractivity (Wildman–Crippen MR) is 105 cm³/mol. The minimum Gasteiger partial charge on any atom is -0.337 e. The maximum Gasteiger partial charge on any atom is 0.254 e. The van der Waals surface area contributed by atoms with Crippen LogP contribution in [0.1, 0.15) is 36.7 Å². The molecule has 4 rings (SSSR count). The Hall–Kier alpha value is -2.25. The van der Waals surface area contributed by atoms with E-state index in [1.54, 1.807) is 17.5 Å². The summed E-state index contributed by atoms with van der Waals surface area (Å²) >= 11 is 1.63. The molecule has 1 fully saturated rings. The third-order valence-electron chi connectivity index (χ3n) is 4.96. The summed E-state index contributed by atoms with van der Waals surface area (Å²) in [6, 6.07) is 6.37. The van der Waals surface area contributed by atoms with Crippen molar-refractivity contribution < 1.29 is 4.79 Å². The molecule has 4 heterocycles. The summed E-state index contributed by atoms with van der Waals surface area (Å²) in [6.45, 7) is 5.95. The summed E-state index contributed by atoms with van der Waals surface area (Å²) in [4.78, 5) is 21.0. The Kier molecular flexibility index (Phi) is 4.50. The normalized spacial score (nSPS) is 17.3. The zero-order chi connectivity index (χ0) is 18.3. The molecular weight excluding hydrogens is 346 g/mol. The number of likely N-dealkylation sites (N-methyl/N-ethyl adjacent to an activating group) is 1. The van der Waals surface area contributed by atoms with Crippen LogP contribution in [-0.2, 0) is 0 Å². The van der Waals surface area contributed by atoms with Gasteiger partial charge in [-0.1, -0.05) is 6.07 Å². The largest absolute Gasteiger partial charge is 0.337 e. The van der Waals surface area contributed by atoms with Gasteiger partial charge in [0, 0.05) is 25.7 Å². The molecule has 1 aliphatic heterocycles. The van der Waals surface area contributed by atoms with E-state index < -0.39 is 0 Å². The monoisotopic (exact) mass is 369 g/mol. The van der Waals surface area contributed by atoms with E-state index in [0.29, 0.717) is 5.56 Å². The molecule has 0 saturated carbocycles. The van der Waals surface area contributed by atoms with E-state index in [1.165, 1.54) is 0 Å². The number of amides is 1. The van der Waals surface area contributed by atoms with Crippen molar-refractivity contribution in [3.8, 4) is 10.6 Å². The molecule has 1 unspecified atom stereocenters. The maximum atomic E-state index is 13.3. The third kappa shape index (κ3) is 2.91. The molecule has 0 aliphatic carbocycles. The molecule has 1 saturated heterocycles. The van der Waals surface area contributed by atoms with E-state index in [0.717, 1.165) is 41.1 Å². The Morgan fingerprint density at radius 3 is 2.96 bits per heavy atom. The van der Waals surface area contributed by atoms with Gasteiger partial charge < -0.3 is 10.2 Å². The first-order chi connectivity index (χ1) is 12.6. The lowest BCUT2D eigenvalue weighted by Gasteiger charge is -2.24. The molecule has 136 valence electrons. The summed E-state index contributed by atoms with van der Waals surface area (Å²) in [6.07, 6.45) is 2.76. The highest BCUT2D eigenvalue weighted by Gasteiger charge is 2.27. The average molecular weight is 369 g/mol. The minimum atomic E-state index is 0.0345. The first-order valence-corrected chi connectivity index (χ1v) is 9.84. The molecule has 0 aromatic carbocycles. The predicted octanol–water partition coefficient (Wildman–Crippen LogP) is 3.17. The van der Waals surface area contributed by atoms with Crippen LogP contribution in [-0.4, -0.2) is 51.8 Å². The second-order valence-corrected chi connectivity index (χ2v) is 7.96. The molecule has 0 bridgehead atoms. The standard InChI is InChI=1S/C19H23N5OS/c1-12(2)24-18-15(11-21-24)14(9-16(22-18)17-5-4-8-26-17)19(25)23(3)13-6-7-20-10-13/h4-5,8-9,11-13,20H,6-7,10H2,1-3H3. The van der Waals surface area contributed by atoms with Crippen molar-refractivity contribution >= 4 is 28.3 Å². The van der Waals surface area contributed by atoms with E-state index in [1.807, 2.05) is 40.2 Å². The molecule has 3 aromatic rings. The van der Waals surface area contributed by atoms with Gasteiger partial charge in [0.1, 0.15) is 0 Å². The SMILES string of the molecule is CC(C)n1ncc2c(C(=O)N(C)C3CCNC3)cc(-c3cccs3)nc21. The molecular formula is C19H23N5OS. The van der Waals surface area contributed by atoms with Crippen LogP contribution in [0.4, 0.5) is 0 Å². The fourth-order valence-corrected chi connectivity index (χ4v) is 4.14. The molecule has 1 N–H and O–H groups in total. The number of hydrogen-bond acceptors (Lipinski definition) is 5. The van der Waals surface area contributed by atoms with Crippen LogP contribution in [0.25, 0.3) is 21.6 Å². The lowest BCUT2D eigenvalue weighted by atomic mass is 10.1. The van der Waals surface area contributed by atoms with E-state index in [9.17, 15) is 4.79 Å². The number of nitrogens with one attached hydrogen (secondary N) is 1. The van der Waals surface area contributed by atoms with Crippen molar-refractivity contribution in [3.63, 3.8) is 0 Å². The zero-order valence-corrected chi connectivity index (χ0v) is 16.1. The first kappa shape index (κ1) is 17.2. The summed E-state index contributed by atoms with van der Waals surface area (Å²) in [5.41, 5.74) is 2.28. The lowest BCUT2D eigenvalue weighted by Crippen LogP contribution is -2.38. The van der Waals surface area contributed by atoms with E-state index in [-0.39, 0.29) is 18.0 Å². The molecule has 3 aromatic heterocycles. The Labute approximate surface area is 156 Å². The quantitative estimate of drug-likeness (QED) is 0.767.